The average Bonchev–Trinajstić information content (AvgIpc) is 1.58. The Morgan fingerprint density at radius 1 is 0.860 bits per heavy atom. The number of aromatic hydroxyl groups is 2. The van der Waals surface area contributed by atoms with Crippen LogP contribution in [0.1, 0.15) is 124 Å². The van der Waals surface area contributed by atoms with Crippen molar-refractivity contribution in [1.29, 1.82) is 0 Å². The first-order valence-corrected chi connectivity index (χ1v) is 34.0. The average molecular weight is 1350 g/mol. The van der Waals surface area contributed by atoms with Gasteiger partial charge >= 0.3 is 51.1 Å². The lowest BCUT2D eigenvalue weighted by molar-refractivity contribution is -0.166. The SMILES string of the molecule is CCC(=O)OCOC(=O)NC(=O)OCCN(CCCCC(P(=O)(O)O)P(=O)(O)O)CC(=O)O[C@@H]1[C@@H](C)[C@@H](O)[C@@H](C)[C@H](OC(C)=O)[C@H](C)[C@@H](OC)/C=C/O[C@@]2(C)Oc3c(C)c(O)c4c(O)c(c5c(c4c3C2=O)NC2(CCN(CC(C)C)CC2)N=5)=NC(=O)/C(C)=C\C=C\[C@@H]1C. The highest BCUT2D eigenvalue weighted by molar-refractivity contribution is 7.70. The van der Waals surface area contributed by atoms with Crippen molar-refractivity contribution in [3.63, 3.8) is 0 Å². The van der Waals surface area contributed by atoms with Crippen LogP contribution in [-0.2, 0) is 61.5 Å². The number of unbranched alkanes of at least 4 members (excludes halogenated alkanes) is 1. The van der Waals surface area contributed by atoms with E-state index in [1.807, 2.05) is 0 Å². The number of methoxy groups -OCH3 is 1. The largest absolute Gasteiger partial charge is 0.507 e. The molecule has 93 heavy (non-hydrogen) atoms. The highest BCUT2D eigenvalue weighted by Gasteiger charge is 2.51. The van der Waals surface area contributed by atoms with Crippen molar-refractivity contribution >= 4 is 73.4 Å². The van der Waals surface area contributed by atoms with Gasteiger partial charge in [-0.1, -0.05) is 73.1 Å². The van der Waals surface area contributed by atoms with Gasteiger partial charge in [-0.2, -0.15) is 0 Å². The number of nitrogens with one attached hydrogen (secondary N) is 2. The molecule has 7 rings (SSSR count). The molecule has 30 nitrogen and oxygen atoms in total. The van der Waals surface area contributed by atoms with E-state index in [0.29, 0.717) is 31.8 Å². The van der Waals surface area contributed by atoms with Gasteiger partial charge in [-0.05, 0) is 45.2 Å². The van der Waals surface area contributed by atoms with Gasteiger partial charge in [0.1, 0.15) is 46.7 Å². The van der Waals surface area contributed by atoms with Crippen molar-refractivity contribution in [1.82, 2.24) is 15.1 Å². The van der Waals surface area contributed by atoms with E-state index in [1.165, 1.54) is 71.1 Å². The third-order valence-corrected chi connectivity index (χ3v) is 20.9. The molecular weight excluding hydrogens is 1260 g/mol. The molecule has 0 radical (unpaired) electrons. The number of rotatable bonds is 20. The fraction of sp³-hybridized carbons (Fsp3) is 0.623. The van der Waals surface area contributed by atoms with Crippen molar-refractivity contribution < 1.29 is 115 Å². The number of benzene rings is 2. The van der Waals surface area contributed by atoms with Gasteiger partial charge in [-0.15, -0.1) is 0 Å². The Hall–Kier alpha value is -6.85. The lowest BCUT2D eigenvalue weighted by Gasteiger charge is -2.39. The van der Waals surface area contributed by atoms with Crippen LogP contribution in [0.2, 0.25) is 0 Å². The van der Waals surface area contributed by atoms with Gasteiger partial charge in [0.05, 0.1) is 41.7 Å². The van der Waals surface area contributed by atoms with Crippen LogP contribution in [0, 0.1) is 36.5 Å². The maximum absolute atomic E-state index is 15.0. The Morgan fingerprint density at radius 3 is 2.12 bits per heavy atom. The maximum Gasteiger partial charge on any atom is 0.419 e. The number of amides is 3. The summed E-state index contributed by atoms with van der Waals surface area (Å²) in [5.74, 6) is -10.4. The van der Waals surface area contributed by atoms with E-state index in [2.05, 4.69) is 38.5 Å². The van der Waals surface area contributed by atoms with Crippen LogP contribution in [0.15, 0.2) is 46.1 Å². The number of aliphatic hydroxyl groups excluding tert-OH is 1. The third-order valence-electron chi connectivity index (χ3n) is 17.0. The zero-order valence-electron chi connectivity index (χ0n) is 54.3. The second kappa shape index (κ2) is 31.6. The van der Waals surface area contributed by atoms with Gasteiger partial charge in [0.15, 0.2) is 11.1 Å². The van der Waals surface area contributed by atoms with Gasteiger partial charge in [0.25, 0.3) is 11.7 Å². The number of carbonyl (C=O) groups excluding carboxylic acids is 7. The summed E-state index contributed by atoms with van der Waals surface area (Å²) in [5.41, 5.74) is -0.706. The molecule has 3 amide bonds. The fourth-order valence-electron chi connectivity index (χ4n) is 12.0. The third kappa shape index (κ3) is 18.5. The number of ketones is 1. The molecule has 9 N–H and O–H groups in total. The van der Waals surface area contributed by atoms with Gasteiger partial charge in [-0.25, -0.2) is 19.9 Å². The monoisotopic (exact) mass is 1350 g/mol. The van der Waals surface area contributed by atoms with Crippen LogP contribution in [0.25, 0.3) is 10.8 Å². The number of ether oxygens (including phenoxy) is 8. The topological polar surface area (TPSA) is 424 Å². The number of Topliss-reactive ketones (excluding diaryl/α,β-unsaturated/α-hetero) is 1. The molecule has 1 fully saturated rings. The summed E-state index contributed by atoms with van der Waals surface area (Å²) in [7, 11) is -9.20. The molecule has 0 aromatic heterocycles. The quantitative estimate of drug-likeness (QED) is 0.0205. The predicted molar refractivity (Wildman–Crippen MR) is 332 cm³/mol. The molecule has 1 spiro atoms. The lowest BCUT2D eigenvalue weighted by atomic mass is 9.78. The minimum absolute atomic E-state index is 0.0148. The maximum atomic E-state index is 15.0. The number of imide groups is 1. The van der Waals surface area contributed by atoms with E-state index >= 15 is 4.79 Å². The molecule has 2 aromatic rings. The molecule has 5 aliphatic heterocycles. The number of allylic oxidation sites excluding steroid dienone is 2. The van der Waals surface area contributed by atoms with Gasteiger partial charge in [0, 0.05) is 107 Å². The van der Waals surface area contributed by atoms with Crippen molar-refractivity contribution in [3.05, 3.63) is 58.0 Å². The highest BCUT2D eigenvalue weighted by atomic mass is 31.2. The number of likely N-dealkylation sites (tertiary alicyclic amines) is 1. The number of alkyl carbamates (subject to hydrolysis) is 2. The van der Waals surface area contributed by atoms with Crippen molar-refractivity contribution in [2.75, 3.05) is 65.1 Å². The van der Waals surface area contributed by atoms with Gasteiger partial charge < -0.3 is 83.0 Å². The van der Waals surface area contributed by atoms with Crippen molar-refractivity contribution in [3.8, 4) is 17.2 Å². The summed E-state index contributed by atoms with van der Waals surface area (Å²) >= 11 is 0. The number of piperidine rings is 1. The molecule has 9 atom stereocenters. The normalized spacial score (nSPS) is 25.7. The summed E-state index contributed by atoms with van der Waals surface area (Å²) in [6.45, 7) is 17.5. The molecule has 0 saturated carbocycles. The highest BCUT2D eigenvalue weighted by Crippen LogP contribution is 2.61. The van der Waals surface area contributed by atoms with Crippen LogP contribution >= 0.6 is 15.2 Å². The standard InChI is InChI=1S/C61H88N6O24P2/c1-13-41(69)86-31-87-59(77)63-58(76)85-28-26-66(23-15-14-19-43(92(78,79)80)93(81,82)83)30-42(70)90-53-33(4)17-16-18-34(5)57(75)62-49-48-47(64-61(65-48)21-24-67(25-22-61)29-32(2)3)44-45(52(49)73)51(72)38(9)55-46(44)56(74)60(11,91-55)88-27-20-40(84-12)35(6)54(89-39(10)68)37(8)50(71)36(53)7/h16-18,20,27,32-33,35-37,40,43,50,53-54,64,71-73H,13-15,19,21-26,28-31H2,1-12H3,(H,63,76,77)(H2,78,79,80)(H2,81,82,83)/b17-16+,27-20+,34-18-,62-49?/t33-,35+,36-,37+,40-,50+,53-,54+,60-/m0/s1. The first-order chi connectivity index (χ1) is 43.5. The number of nitrogens with zero attached hydrogens (tertiary/aromatic N) is 4. The number of hydrogen-bond donors (Lipinski definition) is 9. The fourth-order valence-corrected chi connectivity index (χ4v) is 14.6. The molecule has 0 unspecified atom stereocenters. The summed E-state index contributed by atoms with van der Waals surface area (Å²) < 4.78 is 69.1. The summed E-state index contributed by atoms with van der Waals surface area (Å²) in [6, 6.07) is 0. The molecule has 2 aromatic carbocycles. The van der Waals surface area contributed by atoms with E-state index in [0.717, 1.165) is 6.54 Å². The van der Waals surface area contributed by atoms with E-state index in [9.17, 15) is 72.8 Å². The number of carbonyl (C=O) groups is 7. The Kier molecular flexibility index (Phi) is 25.5. The van der Waals surface area contributed by atoms with Crippen LogP contribution in [0.3, 0.4) is 0 Å². The van der Waals surface area contributed by atoms with Crippen LogP contribution in [0.4, 0.5) is 15.3 Å². The zero-order chi connectivity index (χ0) is 69.2. The molecule has 5 bridgehead atoms. The molecule has 1 saturated heterocycles. The van der Waals surface area contributed by atoms with Crippen LogP contribution in [-0.4, -0.2) is 188 Å². The molecule has 32 heteroatoms. The van der Waals surface area contributed by atoms with Crippen LogP contribution < -0.4 is 26.1 Å². The van der Waals surface area contributed by atoms with Gasteiger partial charge in [-0.3, -0.25) is 43.0 Å². The predicted octanol–water partition coefficient (Wildman–Crippen LogP) is 5.23. The number of hydrogen-bond acceptors (Lipinski definition) is 24. The second-order valence-electron chi connectivity index (χ2n) is 24.6. The minimum atomic E-state index is -5.29. The number of phenolic OH excluding ortho intramolecular Hbond substituents is 2. The number of esters is 3. The van der Waals surface area contributed by atoms with E-state index in [-0.39, 0.29) is 82.0 Å². The number of fused-ring (bicyclic) bond motifs is 13. The zero-order valence-corrected chi connectivity index (χ0v) is 56.1. The van der Waals surface area contributed by atoms with Gasteiger partial charge in [0.2, 0.25) is 6.79 Å². The Morgan fingerprint density at radius 2 is 1.51 bits per heavy atom. The van der Waals surface area contributed by atoms with Crippen LogP contribution in [0.5, 0.6) is 17.2 Å². The molecule has 5 aliphatic rings. The first kappa shape index (κ1) is 75.2. The number of anilines is 1. The Bertz CT molecular complexity index is 3450. The smallest absolute Gasteiger partial charge is 0.419 e. The van der Waals surface area contributed by atoms with E-state index in [4.69, 9.17) is 33.4 Å². The minimum Gasteiger partial charge on any atom is -0.507 e. The molecule has 5 heterocycles. The van der Waals surface area contributed by atoms with Crippen molar-refractivity contribution in [2.24, 2.45) is 39.6 Å². The summed E-state index contributed by atoms with van der Waals surface area (Å²) in [6.07, 6.45) is -0.255. The molecule has 516 valence electrons. The summed E-state index contributed by atoms with van der Waals surface area (Å²) in [4.78, 5) is 145. The molecule has 0 aliphatic carbocycles. The Balaban J connectivity index is 1.41. The first-order valence-electron chi connectivity index (χ1n) is 30.6. The summed E-state index contributed by atoms with van der Waals surface area (Å²) in [5, 5.41) is 39.5. The van der Waals surface area contributed by atoms with E-state index in [1.54, 1.807) is 39.1 Å². The number of aliphatic hydroxyl groups is 1. The lowest BCUT2D eigenvalue weighted by Crippen LogP contribution is -2.48. The van der Waals surface area contributed by atoms with Crippen molar-refractivity contribution in [2.45, 2.75) is 156 Å². The Labute approximate surface area is 538 Å². The molecular formula is C61H88N6O24P2. The second-order valence-corrected chi connectivity index (χ2v) is 28.6. The van der Waals surface area contributed by atoms with E-state index < -0.39 is 160 Å². The number of phenols is 2.